The largest absolute Gasteiger partial charge is 0.508 e. The quantitative estimate of drug-likeness (QED) is 0.230. The lowest BCUT2D eigenvalue weighted by atomic mass is 9.77. The second-order valence-electron chi connectivity index (χ2n) is 12.7. The number of rotatable bonds is 7. The van der Waals surface area contributed by atoms with Crippen molar-refractivity contribution in [3.8, 4) is 23.0 Å². The molecule has 0 aromatic heterocycles. The van der Waals surface area contributed by atoms with Gasteiger partial charge in [-0.15, -0.1) is 0 Å². The van der Waals surface area contributed by atoms with Gasteiger partial charge >= 0.3 is 18.1 Å². The van der Waals surface area contributed by atoms with Crippen LogP contribution in [0.1, 0.15) is 45.1 Å². The van der Waals surface area contributed by atoms with Crippen LogP contribution in [-0.4, -0.2) is 78.1 Å². The summed E-state index contributed by atoms with van der Waals surface area (Å²) in [4.78, 5) is 26.4. The van der Waals surface area contributed by atoms with Crippen molar-refractivity contribution < 1.29 is 50.9 Å². The number of hydrogen-bond acceptors (Lipinski definition) is 9. The molecule has 3 aliphatic rings. The van der Waals surface area contributed by atoms with Gasteiger partial charge in [0.05, 0.1) is 16.0 Å². The van der Waals surface area contributed by atoms with Crippen molar-refractivity contribution in [1.29, 1.82) is 0 Å². The van der Waals surface area contributed by atoms with E-state index in [9.17, 15) is 41.4 Å². The first-order chi connectivity index (χ1) is 24.2. The van der Waals surface area contributed by atoms with E-state index >= 15 is 0 Å². The Hall–Kier alpha value is -5.12. The Morgan fingerprint density at radius 2 is 1.63 bits per heavy atom. The van der Waals surface area contributed by atoms with Crippen LogP contribution in [0.15, 0.2) is 83.8 Å². The maximum atomic E-state index is 13.5. The number of nitrogens with one attached hydrogen (secondary N) is 1. The van der Waals surface area contributed by atoms with Gasteiger partial charge in [-0.05, 0) is 61.4 Å². The lowest BCUT2D eigenvalue weighted by Gasteiger charge is -2.38. The highest BCUT2D eigenvalue weighted by Gasteiger charge is 2.54. The number of phenols is 2. The van der Waals surface area contributed by atoms with Crippen LogP contribution in [0.4, 0.5) is 13.2 Å². The van der Waals surface area contributed by atoms with E-state index in [1.165, 1.54) is 53.7 Å². The number of aromatic hydroxyl groups is 2. The fraction of sp³-hybridized carbons (Fsp3) is 0.278. The number of ether oxygens (including phenoxy) is 2. The molecule has 1 spiro atoms. The molecule has 0 bridgehead atoms. The lowest BCUT2D eigenvalue weighted by molar-refractivity contribution is -0.174. The zero-order valence-electron chi connectivity index (χ0n) is 27.1. The Kier molecular flexibility index (Phi) is 8.47. The van der Waals surface area contributed by atoms with Crippen LogP contribution in [0.3, 0.4) is 0 Å². The predicted octanol–water partition coefficient (Wildman–Crippen LogP) is 4.78. The number of nitrogens with zero attached hydrogens (tertiary/aromatic N) is 2. The van der Waals surface area contributed by atoms with Gasteiger partial charge < -0.3 is 25.0 Å². The molecule has 2 atom stereocenters. The molecule has 0 radical (unpaired) electrons. The van der Waals surface area contributed by atoms with Gasteiger partial charge in [-0.3, -0.25) is 9.69 Å². The van der Waals surface area contributed by atoms with Crippen molar-refractivity contribution in [3.05, 3.63) is 112 Å². The molecule has 266 valence electrons. The van der Waals surface area contributed by atoms with Crippen LogP contribution in [0, 0.1) is 0 Å². The van der Waals surface area contributed by atoms with Crippen LogP contribution in [-0.2, 0) is 38.1 Å². The fourth-order valence-corrected chi connectivity index (χ4v) is 8.35. The molecule has 11 nitrogen and oxygen atoms in total. The van der Waals surface area contributed by atoms with Crippen molar-refractivity contribution in [1.82, 2.24) is 14.5 Å². The van der Waals surface area contributed by atoms with Crippen molar-refractivity contribution >= 4 is 21.9 Å². The summed E-state index contributed by atoms with van der Waals surface area (Å²) in [5.74, 6) is -2.19. The first kappa shape index (κ1) is 34.3. The van der Waals surface area contributed by atoms with E-state index in [-0.39, 0.29) is 53.9 Å². The second-order valence-corrected chi connectivity index (χ2v) is 14.7. The highest BCUT2D eigenvalue weighted by Crippen LogP contribution is 2.58. The molecular weight excluding hydrogens is 691 g/mol. The third-order valence-electron chi connectivity index (χ3n) is 9.39. The van der Waals surface area contributed by atoms with Crippen molar-refractivity contribution in [2.75, 3.05) is 26.2 Å². The van der Waals surface area contributed by atoms with Gasteiger partial charge in [0.2, 0.25) is 10.0 Å². The summed E-state index contributed by atoms with van der Waals surface area (Å²) in [6, 6.07) is 19.7. The average Bonchev–Trinajstić information content (AvgIpc) is 3.38. The van der Waals surface area contributed by atoms with E-state index in [1.807, 2.05) is 10.2 Å². The normalized spacial score (nSPS) is 19.4. The maximum absolute atomic E-state index is 13.5. The summed E-state index contributed by atoms with van der Waals surface area (Å²) in [6.07, 6.45) is -4.92. The number of sulfonamides is 1. The van der Waals surface area contributed by atoms with Crippen LogP contribution in [0.5, 0.6) is 23.0 Å². The molecule has 1 saturated heterocycles. The molecule has 1 unspecified atom stereocenters. The molecule has 4 aromatic carbocycles. The third-order valence-corrected chi connectivity index (χ3v) is 11.3. The molecular formula is C36H32F3N3O8S. The molecule has 3 heterocycles. The minimum atomic E-state index is -5.00. The summed E-state index contributed by atoms with van der Waals surface area (Å²) in [5.41, 5.74) is 1.54. The number of phenolic OH excluding ortho intramolecular Hbond substituents is 2. The third kappa shape index (κ3) is 6.04. The predicted molar refractivity (Wildman–Crippen MR) is 176 cm³/mol. The van der Waals surface area contributed by atoms with Crippen molar-refractivity contribution in [3.63, 3.8) is 0 Å². The number of esters is 1. The van der Waals surface area contributed by atoms with Gasteiger partial charge in [-0.25, -0.2) is 13.2 Å². The van der Waals surface area contributed by atoms with Crippen LogP contribution in [0.25, 0.3) is 0 Å². The van der Waals surface area contributed by atoms with E-state index in [2.05, 4.69) is 0 Å². The smallest absolute Gasteiger partial charge is 0.471 e. The Bertz CT molecular complexity index is 2150. The summed E-state index contributed by atoms with van der Waals surface area (Å²) in [7, 11) is -3.91. The zero-order valence-corrected chi connectivity index (χ0v) is 27.9. The Morgan fingerprint density at radius 3 is 2.33 bits per heavy atom. The number of carbonyl (C=O) groups excluding carboxylic acids is 2. The SMILES string of the molecule is C[C@@H](Cc1ccc(S(=O)(=O)N2CCN(Cc3c(O)ccc4c3Oc3cc(O)ccc3C43OC(=O)c4ccccc43)CC2)cc1)NC(=O)C(F)(F)F. The number of fused-ring (bicyclic) bond motifs is 6. The molecule has 51 heavy (non-hydrogen) atoms. The summed E-state index contributed by atoms with van der Waals surface area (Å²) in [6.45, 7) is 2.46. The minimum Gasteiger partial charge on any atom is -0.508 e. The fourth-order valence-electron chi connectivity index (χ4n) is 6.93. The summed E-state index contributed by atoms with van der Waals surface area (Å²) < 4.78 is 78.6. The highest BCUT2D eigenvalue weighted by atomic mass is 32.2. The first-order valence-electron chi connectivity index (χ1n) is 16.1. The van der Waals surface area contributed by atoms with Crippen LogP contribution >= 0.6 is 0 Å². The number of benzene rings is 4. The van der Waals surface area contributed by atoms with E-state index in [0.717, 1.165) is 0 Å². The van der Waals surface area contributed by atoms with Gasteiger partial charge in [0.15, 0.2) is 5.60 Å². The average molecular weight is 724 g/mol. The second kappa shape index (κ2) is 12.6. The topological polar surface area (TPSA) is 146 Å². The zero-order chi connectivity index (χ0) is 36.3. The molecule has 0 aliphatic carbocycles. The van der Waals surface area contributed by atoms with E-state index in [0.29, 0.717) is 46.5 Å². The minimum absolute atomic E-state index is 0.0217. The lowest BCUT2D eigenvalue weighted by Crippen LogP contribution is -2.48. The van der Waals surface area contributed by atoms with E-state index in [4.69, 9.17) is 9.47 Å². The summed E-state index contributed by atoms with van der Waals surface area (Å²) in [5, 5.41) is 23.3. The standard InChI is InChI=1S/C36H32F3N3O8S/c1-21(40-34(46)36(37,38)39)18-22-6-9-24(10-7-22)51(47,48)42-16-14-41(15-17-42)20-26-30(44)13-12-29-32(26)49-31-19-23(43)8-11-28(31)35(29)27-5-3-2-4-25(27)33(45)50-35/h2-13,19,21,43-44H,14-18,20H2,1H3,(H,40,46)/t21-,35?/m0/s1. The number of carbonyl (C=O) groups is 2. The Balaban J connectivity index is 1.09. The van der Waals surface area contributed by atoms with Crippen LogP contribution < -0.4 is 10.1 Å². The number of halogens is 3. The van der Waals surface area contributed by atoms with Crippen LogP contribution in [0.2, 0.25) is 0 Å². The van der Waals surface area contributed by atoms with Gasteiger partial charge in [-0.2, -0.15) is 17.5 Å². The first-order valence-corrected chi connectivity index (χ1v) is 17.5. The van der Waals surface area contributed by atoms with Crippen molar-refractivity contribution in [2.45, 2.75) is 42.6 Å². The molecule has 15 heteroatoms. The number of hydrogen-bond donors (Lipinski definition) is 3. The van der Waals surface area contributed by atoms with Gasteiger partial charge in [0.25, 0.3) is 0 Å². The molecule has 4 aromatic rings. The molecule has 7 rings (SSSR count). The van der Waals surface area contributed by atoms with Gasteiger partial charge in [0, 0.05) is 61.5 Å². The number of piperazine rings is 1. The van der Waals surface area contributed by atoms with E-state index in [1.54, 1.807) is 36.4 Å². The Morgan fingerprint density at radius 1 is 0.941 bits per heavy atom. The Labute approximate surface area is 290 Å². The van der Waals surface area contributed by atoms with E-state index < -0.39 is 39.7 Å². The van der Waals surface area contributed by atoms with Gasteiger partial charge in [0.1, 0.15) is 23.0 Å². The number of alkyl halides is 3. The maximum Gasteiger partial charge on any atom is 0.471 e. The molecule has 0 saturated carbocycles. The molecule has 3 aliphatic heterocycles. The molecule has 3 N–H and O–H groups in total. The number of amides is 1. The molecule has 1 amide bonds. The highest BCUT2D eigenvalue weighted by molar-refractivity contribution is 7.89. The summed E-state index contributed by atoms with van der Waals surface area (Å²) >= 11 is 0. The monoisotopic (exact) mass is 723 g/mol. The molecule has 1 fully saturated rings. The van der Waals surface area contributed by atoms with Crippen molar-refractivity contribution in [2.24, 2.45) is 0 Å². The van der Waals surface area contributed by atoms with Gasteiger partial charge in [-0.1, -0.05) is 30.3 Å².